The van der Waals surface area contributed by atoms with Gasteiger partial charge in [0.25, 0.3) is 11.8 Å². The number of ether oxygens (including phenoxy) is 1. The van der Waals surface area contributed by atoms with Crippen molar-refractivity contribution in [3.05, 3.63) is 65.2 Å². The zero-order valence-corrected chi connectivity index (χ0v) is 14.4. The molecule has 1 heterocycles. The maximum Gasteiger partial charge on any atom is 0.265 e. The van der Waals surface area contributed by atoms with Gasteiger partial charge in [0, 0.05) is 22.8 Å². The molecule has 5 nitrogen and oxygen atoms in total. The van der Waals surface area contributed by atoms with E-state index in [-0.39, 0.29) is 18.4 Å². The molecule has 0 aromatic heterocycles. The van der Waals surface area contributed by atoms with Gasteiger partial charge in [0.05, 0.1) is 11.3 Å². The number of nitrogens with one attached hydrogen (secondary N) is 1. The highest BCUT2D eigenvalue weighted by atomic mass is 79.9. The maximum atomic E-state index is 12.4. The minimum Gasteiger partial charge on any atom is -0.481 e. The van der Waals surface area contributed by atoms with E-state index in [2.05, 4.69) is 27.8 Å². The van der Waals surface area contributed by atoms with E-state index in [9.17, 15) is 9.59 Å². The molecule has 2 amide bonds. The quantitative estimate of drug-likeness (QED) is 0.816. The molecule has 0 spiro atoms. The normalized spacial score (nSPS) is 13.0. The number of anilines is 2. The van der Waals surface area contributed by atoms with E-state index in [1.54, 1.807) is 41.3 Å². The first-order chi connectivity index (χ1) is 11.6. The van der Waals surface area contributed by atoms with Crippen LogP contribution in [0.1, 0.15) is 10.4 Å². The Labute approximate surface area is 148 Å². The van der Waals surface area contributed by atoms with Gasteiger partial charge < -0.3 is 15.0 Å². The predicted octanol–water partition coefficient (Wildman–Crippen LogP) is 3.61. The highest BCUT2D eigenvalue weighted by Crippen LogP contribution is 2.34. The monoisotopic (exact) mass is 386 g/mol. The van der Waals surface area contributed by atoms with Gasteiger partial charge in [-0.05, 0) is 40.2 Å². The Morgan fingerprint density at radius 3 is 2.88 bits per heavy atom. The van der Waals surface area contributed by atoms with Crippen molar-refractivity contribution < 1.29 is 14.3 Å². The standard InChI is InChI=1S/C18H15BrN2O3/c1-2-9-21-15-8-7-12(10-16(15)24-11-17(21)22)20-18(23)13-5-3-4-6-14(13)19/h2-8,10H,1,9,11H2,(H,20,23). The summed E-state index contributed by atoms with van der Waals surface area (Å²) in [6.45, 7) is 4.05. The Hall–Kier alpha value is -2.60. The van der Waals surface area contributed by atoms with E-state index in [1.807, 2.05) is 12.1 Å². The van der Waals surface area contributed by atoms with E-state index in [0.717, 1.165) is 4.47 Å². The van der Waals surface area contributed by atoms with Crippen molar-refractivity contribution >= 4 is 39.1 Å². The fraction of sp³-hybridized carbons (Fsp3) is 0.111. The van der Waals surface area contributed by atoms with Gasteiger partial charge >= 0.3 is 0 Å². The third kappa shape index (κ3) is 3.19. The smallest absolute Gasteiger partial charge is 0.265 e. The Morgan fingerprint density at radius 2 is 2.12 bits per heavy atom. The summed E-state index contributed by atoms with van der Waals surface area (Å²) in [7, 11) is 0. The molecule has 2 aromatic rings. The van der Waals surface area contributed by atoms with E-state index in [1.165, 1.54) is 0 Å². The van der Waals surface area contributed by atoms with Crippen LogP contribution in [0, 0.1) is 0 Å². The van der Waals surface area contributed by atoms with Gasteiger partial charge in [0.1, 0.15) is 5.75 Å². The van der Waals surface area contributed by atoms with Crippen LogP contribution in [0.15, 0.2) is 59.6 Å². The van der Waals surface area contributed by atoms with Crippen molar-refractivity contribution in [2.45, 2.75) is 0 Å². The second kappa shape index (κ2) is 6.88. The molecule has 0 atom stereocenters. The third-order valence-electron chi connectivity index (χ3n) is 3.59. The van der Waals surface area contributed by atoms with Crippen LogP contribution in [-0.2, 0) is 4.79 Å². The molecule has 0 saturated heterocycles. The van der Waals surface area contributed by atoms with Crippen molar-refractivity contribution in [3.8, 4) is 5.75 Å². The molecule has 1 aliphatic heterocycles. The summed E-state index contributed by atoms with van der Waals surface area (Å²) < 4.78 is 6.20. The number of hydrogen-bond acceptors (Lipinski definition) is 3. The first kappa shape index (κ1) is 16.3. The fourth-order valence-electron chi connectivity index (χ4n) is 2.46. The summed E-state index contributed by atoms with van der Waals surface area (Å²) in [5, 5.41) is 2.83. The van der Waals surface area contributed by atoms with Crippen LogP contribution in [0.3, 0.4) is 0 Å². The SMILES string of the molecule is C=CCN1C(=O)COc2cc(NC(=O)c3ccccc3Br)ccc21. The summed E-state index contributed by atoms with van der Waals surface area (Å²) in [6, 6.07) is 12.4. The third-order valence-corrected chi connectivity index (χ3v) is 4.28. The van der Waals surface area contributed by atoms with Crippen LogP contribution >= 0.6 is 15.9 Å². The summed E-state index contributed by atoms with van der Waals surface area (Å²) in [5.74, 6) is 0.214. The second-order valence-electron chi connectivity index (χ2n) is 5.20. The molecule has 6 heteroatoms. The van der Waals surface area contributed by atoms with Gasteiger partial charge in [0.15, 0.2) is 6.61 Å². The number of benzene rings is 2. The Balaban J connectivity index is 1.84. The number of rotatable bonds is 4. The molecule has 3 rings (SSSR count). The van der Waals surface area contributed by atoms with Gasteiger partial charge in [-0.2, -0.15) is 0 Å². The van der Waals surface area contributed by atoms with Gasteiger partial charge in [-0.3, -0.25) is 9.59 Å². The molecule has 0 aliphatic carbocycles. The lowest BCUT2D eigenvalue weighted by Gasteiger charge is -2.28. The van der Waals surface area contributed by atoms with Crippen LogP contribution in [0.25, 0.3) is 0 Å². The van der Waals surface area contributed by atoms with E-state index in [4.69, 9.17) is 4.74 Å². The van der Waals surface area contributed by atoms with Crippen LogP contribution in [-0.4, -0.2) is 25.0 Å². The lowest BCUT2D eigenvalue weighted by Crippen LogP contribution is -2.38. The number of amides is 2. The van der Waals surface area contributed by atoms with Gasteiger partial charge in [0.2, 0.25) is 0 Å². The summed E-state index contributed by atoms with van der Waals surface area (Å²) in [6.07, 6.45) is 1.66. The highest BCUT2D eigenvalue weighted by Gasteiger charge is 2.25. The van der Waals surface area contributed by atoms with E-state index >= 15 is 0 Å². The van der Waals surface area contributed by atoms with Crippen molar-refractivity contribution in [1.29, 1.82) is 0 Å². The van der Waals surface area contributed by atoms with Crippen molar-refractivity contribution in [3.63, 3.8) is 0 Å². The Kier molecular flexibility index (Phi) is 4.66. The first-order valence-corrected chi connectivity index (χ1v) is 8.13. The molecule has 24 heavy (non-hydrogen) atoms. The zero-order valence-electron chi connectivity index (χ0n) is 12.8. The predicted molar refractivity (Wildman–Crippen MR) is 96.6 cm³/mol. The van der Waals surface area contributed by atoms with Crippen LogP contribution in [0.4, 0.5) is 11.4 Å². The average molecular weight is 387 g/mol. The number of carbonyl (C=O) groups excluding carboxylic acids is 2. The fourth-order valence-corrected chi connectivity index (χ4v) is 2.92. The molecule has 0 unspecified atom stereocenters. The van der Waals surface area contributed by atoms with Gasteiger partial charge in [-0.25, -0.2) is 0 Å². The molecular weight excluding hydrogens is 372 g/mol. The minimum absolute atomic E-state index is 0.0253. The number of carbonyl (C=O) groups is 2. The number of hydrogen-bond donors (Lipinski definition) is 1. The molecule has 0 bridgehead atoms. The van der Waals surface area contributed by atoms with E-state index < -0.39 is 0 Å². The summed E-state index contributed by atoms with van der Waals surface area (Å²) >= 11 is 3.36. The van der Waals surface area contributed by atoms with Crippen LogP contribution in [0.2, 0.25) is 0 Å². The molecule has 122 valence electrons. The molecule has 0 saturated carbocycles. The summed E-state index contributed by atoms with van der Waals surface area (Å²) in [4.78, 5) is 25.9. The molecule has 0 fully saturated rings. The van der Waals surface area contributed by atoms with Crippen molar-refractivity contribution in [1.82, 2.24) is 0 Å². The first-order valence-electron chi connectivity index (χ1n) is 7.34. The van der Waals surface area contributed by atoms with Crippen LogP contribution < -0.4 is 15.0 Å². The van der Waals surface area contributed by atoms with Crippen LogP contribution in [0.5, 0.6) is 5.75 Å². The number of fused-ring (bicyclic) bond motifs is 1. The Bertz CT molecular complexity index is 820. The number of nitrogens with zero attached hydrogens (tertiary/aromatic N) is 1. The maximum absolute atomic E-state index is 12.4. The van der Waals surface area contributed by atoms with Crippen molar-refractivity contribution in [2.24, 2.45) is 0 Å². The zero-order chi connectivity index (χ0) is 17.1. The Morgan fingerprint density at radius 1 is 1.33 bits per heavy atom. The lowest BCUT2D eigenvalue weighted by molar-refractivity contribution is -0.121. The van der Waals surface area contributed by atoms with E-state index in [0.29, 0.717) is 29.2 Å². The van der Waals surface area contributed by atoms with Gasteiger partial charge in [-0.1, -0.05) is 18.2 Å². The average Bonchev–Trinajstić information content (AvgIpc) is 2.58. The molecule has 1 aliphatic rings. The highest BCUT2D eigenvalue weighted by molar-refractivity contribution is 9.10. The molecule has 2 aromatic carbocycles. The second-order valence-corrected chi connectivity index (χ2v) is 6.05. The minimum atomic E-state index is -0.225. The number of halogens is 1. The topological polar surface area (TPSA) is 58.6 Å². The molecule has 0 radical (unpaired) electrons. The van der Waals surface area contributed by atoms with Crippen molar-refractivity contribution in [2.75, 3.05) is 23.4 Å². The lowest BCUT2D eigenvalue weighted by atomic mass is 10.2. The molecular formula is C18H15BrN2O3. The summed E-state index contributed by atoms with van der Waals surface area (Å²) in [5.41, 5.74) is 1.81. The largest absolute Gasteiger partial charge is 0.481 e. The molecule has 1 N–H and O–H groups in total. The van der Waals surface area contributed by atoms with Gasteiger partial charge in [-0.15, -0.1) is 6.58 Å².